The van der Waals surface area contributed by atoms with Crippen LogP contribution in [0.5, 0.6) is 11.5 Å². The molecule has 0 spiro atoms. The number of hydrogen-bond acceptors (Lipinski definition) is 6. The van der Waals surface area contributed by atoms with Crippen LogP contribution in [0, 0.1) is 6.92 Å². The van der Waals surface area contributed by atoms with E-state index in [1.165, 1.54) is 6.07 Å². The minimum atomic E-state index is -0.924. The van der Waals surface area contributed by atoms with Gasteiger partial charge in [-0.1, -0.05) is 6.08 Å². The summed E-state index contributed by atoms with van der Waals surface area (Å²) >= 11 is 0. The fourth-order valence-electron chi connectivity index (χ4n) is 3.01. The van der Waals surface area contributed by atoms with Gasteiger partial charge in [0.25, 0.3) is 0 Å². The molecule has 1 aromatic carbocycles. The zero-order chi connectivity index (χ0) is 19.2. The van der Waals surface area contributed by atoms with E-state index in [1.807, 2.05) is 0 Å². The van der Waals surface area contributed by atoms with Crippen molar-refractivity contribution in [2.24, 2.45) is 0 Å². The molecule has 2 aromatic rings. The molecule has 1 N–H and O–H groups in total. The lowest BCUT2D eigenvalue weighted by Gasteiger charge is -2.30. The van der Waals surface area contributed by atoms with E-state index in [0.29, 0.717) is 29.1 Å². The topological polar surface area (TPSA) is 86.0 Å². The number of phenolic OH excluding ortho intramolecular Hbond substituents is 1. The highest BCUT2D eigenvalue weighted by atomic mass is 16.6. The smallest absolute Gasteiger partial charge is 0.334 e. The Bertz CT molecular complexity index is 980. The van der Waals surface area contributed by atoms with E-state index in [9.17, 15) is 14.7 Å². The van der Waals surface area contributed by atoms with Crippen LogP contribution >= 0.6 is 0 Å². The van der Waals surface area contributed by atoms with Gasteiger partial charge in [0, 0.05) is 29.7 Å². The Balaban J connectivity index is 1.97. The molecule has 3 rings (SSSR count). The lowest BCUT2D eigenvalue weighted by Crippen LogP contribution is -2.43. The molecule has 0 radical (unpaired) electrons. The van der Waals surface area contributed by atoms with E-state index in [-0.39, 0.29) is 22.1 Å². The van der Waals surface area contributed by atoms with Gasteiger partial charge in [-0.25, -0.2) is 4.79 Å². The highest BCUT2D eigenvalue weighted by Crippen LogP contribution is 2.43. The number of allylic oxidation sites excluding steroid dienone is 1. The second kappa shape index (κ2) is 6.20. The van der Waals surface area contributed by atoms with Gasteiger partial charge in [0.15, 0.2) is 5.43 Å². The van der Waals surface area contributed by atoms with Gasteiger partial charge in [-0.05, 0) is 34.6 Å². The third-order valence-electron chi connectivity index (χ3n) is 4.73. The first kappa shape index (κ1) is 18.0. The number of fused-ring (bicyclic) bond motifs is 2. The summed E-state index contributed by atoms with van der Waals surface area (Å²) in [6.45, 7) is 8.63. The Morgan fingerprint density at radius 2 is 2.08 bits per heavy atom. The van der Waals surface area contributed by atoms with Crippen molar-refractivity contribution in [1.29, 1.82) is 0 Å². The largest absolute Gasteiger partial charge is 0.507 e. The highest BCUT2D eigenvalue weighted by Gasteiger charge is 2.41. The van der Waals surface area contributed by atoms with Crippen molar-refractivity contribution in [3.8, 4) is 11.5 Å². The fraction of sp³-hybridized carbons (Fsp3) is 0.400. The number of rotatable bonds is 3. The Hall–Kier alpha value is -2.76. The third-order valence-corrected chi connectivity index (χ3v) is 4.73. The van der Waals surface area contributed by atoms with Gasteiger partial charge in [-0.2, -0.15) is 0 Å². The summed E-state index contributed by atoms with van der Waals surface area (Å²) in [5, 5.41) is 10.7. The zero-order valence-electron chi connectivity index (χ0n) is 15.5. The Labute approximate surface area is 151 Å². The molecule has 1 aliphatic heterocycles. The summed E-state index contributed by atoms with van der Waals surface area (Å²) in [6, 6.07) is 2.95. The van der Waals surface area contributed by atoms with Crippen molar-refractivity contribution in [3.05, 3.63) is 45.3 Å². The van der Waals surface area contributed by atoms with Gasteiger partial charge in [-0.3, -0.25) is 4.79 Å². The second-order valence-electron chi connectivity index (χ2n) is 7.07. The van der Waals surface area contributed by atoms with Crippen LogP contribution < -0.4 is 10.2 Å². The quantitative estimate of drug-likeness (QED) is 0.668. The molecule has 1 aliphatic rings. The first-order valence-electron chi connectivity index (χ1n) is 8.46. The highest BCUT2D eigenvalue weighted by molar-refractivity contribution is 5.88. The molecule has 1 atom stereocenters. The summed E-state index contributed by atoms with van der Waals surface area (Å²) < 4.78 is 17.1. The van der Waals surface area contributed by atoms with Crippen LogP contribution in [-0.4, -0.2) is 22.8 Å². The average molecular weight is 358 g/mol. The molecule has 0 amide bonds. The van der Waals surface area contributed by atoms with Gasteiger partial charge >= 0.3 is 5.97 Å². The zero-order valence-corrected chi connectivity index (χ0v) is 15.5. The van der Waals surface area contributed by atoms with Crippen molar-refractivity contribution in [2.75, 3.05) is 0 Å². The predicted molar refractivity (Wildman–Crippen MR) is 96.6 cm³/mol. The molecule has 2 heterocycles. The summed E-state index contributed by atoms with van der Waals surface area (Å²) in [6.07, 6.45) is 1.51. The van der Waals surface area contributed by atoms with Crippen LogP contribution in [0.2, 0.25) is 0 Å². The van der Waals surface area contributed by atoms with E-state index < -0.39 is 17.7 Å². The number of esters is 1. The molecule has 6 heteroatoms. The van der Waals surface area contributed by atoms with E-state index in [4.69, 9.17) is 13.9 Å². The van der Waals surface area contributed by atoms with Crippen LogP contribution in [0.3, 0.4) is 0 Å². The molecule has 26 heavy (non-hydrogen) atoms. The summed E-state index contributed by atoms with van der Waals surface area (Å²) in [5.74, 6) is 0.326. The van der Waals surface area contributed by atoms with Gasteiger partial charge in [-0.15, -0.1) is 0 Å². The first-order chi connectivity index (χ1) is 12.1. The monoisotopic (exact) mass is 358 g/mol. The van der Waals surface area contributed by atoms with Crippen molar-refractivity contribution >= 4 is 16.9 Å². The van der Waals surface area contributed by atoms with Crippen molar-refractivity contribution in [2.45, 2.75) is 52.7 Å². The maximum Gasteiger partial charge on any atom is 0.334 e. The standard InChI is InChI=1S/C20H22O6/c1-6-10(2)19(23)26-20(4,5)16-8-12-14(25-16)9-15-17(18(12)22)13(21)7-11(3)24-15/h6-7,9,16,22H,8H2,1-5H3. The number of phenols is 1. The first-order valence-corrected chi connectivity index (χ1v) is 8.46. The van der Waals surface area contributed by atoms with E-state index in [0.717, 1.165) is 0 Å². The van der Waals surface area contributed by atoms with Crippen molar-refractivity contribution in [1.82, 2.24) is 0 Å². The molecule has 0 aliphatic carbocycles. The van der Waals surface area contributed by atoms with Crippen molar-refractivity contribution in [3.63, 3.8) is 0 Å². The van der Waals surface area contributed by atoms with Crippen LogP contribution in [-0.2, 0) is 16.0 Å². The van der Waals surface area contributed by atoms with Crippen LogP contribution in [0.4, 0.5) is 0 Å². The summed E-state index contributed by atoms with van der Waals surface area (Å²) in [4.78, 5) is 24.3. The molecular weight excluding hydrogens is 336 g/mol. The minimum absolute atomic E-state index is 0.137. The number of hydrogen-bond donors (Lipinski definition) is 1. The molecule has 6 nitrogen and oxygen atoms in total. The second-order valence-corrected chi connectivity index (χ2v) is 7.07. The predicted octanol–water partition coefficient (Wildman–Crippen LogP) is 3.40. The SMILES string of the molecule is CC=C(C)C(=O)OC(C)(C)C1Cc2c(cc3oc(C)cc(=O)c3c2O)O1. The van der Waals surface area contributed by atoms with E-state index in [1.54, 1.807) is 46.8 Å². The van der Waals surface area contributed by atoms with Gasteiger partial charge < -0.3 is 19.0 Å². The maximum absolute atomic E-state index is 12.2. The van der Waals surface area contributed by atoms with Gasteiger partial charge in [0.05, 0.1) is 0 Å². The normalized spacial score (nSPS) is 17.1. The molecule has 0 saturated carbocycles. The van der Waals surface area contributed by atoms with Crippen molar-refractivity contribution < 1.29 is 23.8 Å². The van der Waals surface area contributed by atoms with Gasteiger partial charge in [0.2, 0.25) is 0 Å². The third kappa shape index (κ3) is 2.96. The lowest BCUT2D eigenvalue weighted by molar-refractivity contribution is -0.159. The number of aromatic hydroxyl groups is 1. The summed E-state index contributed by atoms with van der Waals surface area (Å²) in [5.41, 5.74) is 0.0677. The number of aryl methyl sites for hydroxylation is 1. The molecule has 0 saturated heterocycles. The minimum Gasteiger partial charge on any atom is -0.507 e. The number of benzene rings is 1. The Morgan fingerprint density at radius 1 is 1.38 bits per heavy atom. The number of carbonyl (C=O) groups is 1. The fourth-order valence-corrected chi connectivity index (χ4v) is 3.01. The maximum atomic E-state index is 12.2. The van der Waals surface area contributed by atoms with Crippen LogP contribution in [0.1, 0.15) is 39.0 Å². The van der Waals surface area contributed by atoms with E-state index in [2.05, 4.69) is 0 Å². The van der Waals surface area contributed by atoms with Crippen LogP contribution in [0.25, 0.3) is 11.0 Å². The Morgan fingerprint density at radius 3 is 2.73 bits per heavy atom. The molecule has 1 aromatic heterocycles. The molecule has 0 bridgehead atoms. The number of carbonyl (C=O) groups excluding carboxylic acids is 1. The average Bonchev–Trinajstić information content (AvgIpc) is 2.98. The lowest BCUT2D eigenvalue weighted by atomic mass is 9.95. The molecular formula is C20H22O6. The van der Waals surface area contributed by atoms with Gasteiger partial charge in [0.1, 0.15) is 39.9 Å². The van der Waals surface area contributed by atoms with Crippen LogP contribution in [0.15, 0.2) is 33.0 Å². The summed E-state index contributed by atoms with van der Waals surface area (Å²) in [7, 11) is 0. The Kier molecular flexibility index (Phi) is 4.30. The number of ether oxygens (including phenoxy) is 2. The van der Waals surface area contributed by atoms with E-state index >= 15 is 0 Å². The molecule has 138 valence electrons. The molecule has 1 unspecified atom stereocenters. The molecule has 0 fully saturated rings.